The molecule has 2 aromatic carbocycles. The van der Waals surface area contributed by atoms with E-state index in [0.29, 0.717) is 33.3 Å². The minimum absolute atomic E-state index is 0.203. The molecule has 1 atom stereocenters. The number of nitrogens with zero attached hydrogens (tertiary/aromatic N) is 4. The molecule has 8 nitrogen and oxygen atoms in total. The number of aromatic nitrogens is 4. The lowest BCUT2D eigenvalue weighted by atomic mass is 10.1. The summed E-state index contributed by atoms with van der Waals surface area (Å²) in [7, 11) is 0. The Morgan fingerprint density at radius 1 is 1.12 bits per heavy atom. The first-order valence-electron chi connectivity index (χ1n) is 10.7. The van der Waals surface area contributed by atoms with Crippen LogP contribution in [-0.2, 0) is 0 Å². The van der Waals surface area contributed by atoms with E-state index in [4.69, 9.17) is 21.9 Å². The number of pyridine rings is 2. The highest BCUT2D eigenvalue weighted by molar-refractivity contribution is 6.35. The van der Waals surface area contributed by atoms with Crippen LogP contribution in [0.15, 0.2) is 76.2 Å². The van der Waals surface area contributed by atoms with Crippen LogP contribution in [-0.4, -0.2) is 19.7 Å². The van der Waals surface area contributed by atoms with Crippen molar-refractivity contribution >= 4 is 33.9 Å². The molecule has 0 spiro atoms. The fourth-order valence-corrected chi connectivity index (χ4v) is 4.25. The number of hydrogen-bond acceptors (Lipinski definition) is 7. The lowest BCUT2D eigenvalue weighted by Crippen LogP contribution is -2.26. The molecule has 0 fully saturated rings. The number of para-hydroxylation sites is 1. The molecule has 0 saturated heterocycles. The van der Waals surface area contributed by atoms with Gasteiger partial charge in [0.05, 0.1) is 16.5 Å². The van der Waals surface area contributed by atoms with E-state index in [1.165, 1.54) is 0 Å². The molecule has 0 aliphatic heterocycles. The standard InChI is InChI=1S/C25H21ClN6O2/c1-14(29-23-22(19(27)11-12-28-23)24-30-15(2)31-34-24)20-13-16-7-6-10-18(26)21(16)25(33)32(20)17-8-4-3-5-9-17/h3-14H,1-2H3,(H3,27,28,29)/t14-/m0/s1. The van der Waals surface area contributed by atoms with Crippen molar-refractivity contribution in [2.75, 3.05) is 11.1 Å². The molecule has 0 saturated carbocycles. The van der Waals surface area contributed by atoms with Crippen molar-refractivity contribution in [2.45, 2.75) is 19.9 Å². The molecule has 5 rings (SSSR count). The van der Waals surface area contributed by atoms with Gasteiger partial charge in [0.1, 0.15) is 11.4 Å². The maximum Gasteiger partial charge on any atom is 0.264 e. The number of halogens is 1. The normalized spacial score (nSPS) is 12.1. The lowest BCUT2D eigenvalue weighted by molar-refractivity contribution is 0.426. The molecule has 170 valence electrons. The van der Waals surface area contributed by atoms with Gasteiger partial charge in [-0.1, -0.05) is 47.1 Å². The van der Waals surface area contributed by atoms with Gasteiger partial charge >= 0.3 is 0 Å². The second-order valence-corrected chi connectivity index (χ2v) is 8.29. The molecule has 0 aliphatic carbocycles. The van der Waals surface area contributed by atoms with Gasteiger partial charge in [-0.15, -0.1) is 0 Å². The Balaban J connectivity index is 1.68. The van der Waals surface area contributed by atoms with Gasteiger partial charge in [0.25, 0.3) is 11.4 Å². The van der Waals surface area contributed by atoms with Crippen LogP contribution in [0.2, 0.25) is 5.02 Å². The summed E-state index contributed by atoms with van der Waals surface area (Å²) in [6.07, 6.45) is 1.60. The minimum Gasteiger partial charge on any atom is -0.398 e. The summed E-state index contributed by atoms with van der Waals surface area (Å²) in [5.41, 5.74) is 8.44. The van der Waals surface area contributed by atoms with Crippen molar-refractivity contribution in [1.29, 1.82) is 0 Å². The number of anilines is 2. The average Bonchev–Trinajstić information content (AvgIpc) is 3.25. The van der Waals surface area contributed by atoms with Crippen LogP contribution < -0.4 is 16.6 Å². The van der Waals surface area contributed by atoms with E-state index in [-0.39, 0.29) is 17.5 Å². The first-order valence-corrected chi connectivity index (χ1v) is 11.0. The molecular formula is C25H21ClN6O2. The number of hydrogen-bond donors (Lipinski definition) is 2. The SMILES string of the molecule is Cc1noc(-c2c(N)ccnc2N[C@@H](C)c2cc3cccc(Cl)c3c(=O)n2-c2ccccc2)n1. The topological polar surface area (TPSA) is 112 Å². The second kappa shape index (κ2) is 8.64. The number of benzene rings is 2. The third-order valence-electron chi connectivity index (χ3n) is 5.56. The highest BCUT2D eigenvalue weighted by Gasteiger charge is 2.22. The third-order valence-corrected chi connectivity index (χ3v) is 5.88. The second-order valence-electron chi connectivity index (χ2n) is 7.89. The lowest BCUT2D eigenvalue weighted by Gasteiger charge is -2.22. The molecule has 3 aromatic heterocycles. The van der Waals surface area contributed by atoms with Crippen molar-refractivity contribution in [3.8, 4) is 17.1 Å². The maximum atomic E-state index is 13.7. The Labute approximate surface area is 200 Å². The summed E-state index contributed by atoms with van der Waals surface area (Å²) in [5, 5.41) is 8.87. The molecule has 5 aromatic rings. The fourth-order valence-electron chi connectivity index (χ4n) is 3.99. The fraction of sp³-hybridized carbons (Fsp3) is 0.120. The summed E-state index contributed by atoms with van der Waals surface area (Å²) >= 11 is 6.42. The number of fused-ring (bicyclic) bond motifs is 1. The van der Waals surface area contributed by atoms with E-state index in [1.54, 1.807) is 29.8 Å². The Kier molecular flexibility index (Phi) is 5.51. The zero-order valence-corrected chi connectivity index (χ0v) is 19.2. The van der Waals surface area contributed by atoms with Crippen LogP contribution in [0.4, 0.5) is 11.5 Å². The predicted octanol–water partition coefficient (Wildman–Crippen LogP) is 5.15. The van der Waals surface area contributed by atoms with Gasteiger partial charge in [0.15, 0.2) is 5.82 Å². The maximum absolute atomic E-state index is 13.7. The number of nitrogen functional groups attached to an aromatic ring is 1. The van der Waals surface area contributed by atoms with E-state index in [2.05, 4.69) is 20.4 Å². The summed E-state index contributed by atoms with van der Waals surface area (Å²) in [6, 6.07) is 18.1. The van der Waals surface area contributed by atoms with E-state index in [0.717, 1.165) is 16.8 Å². The van der Waals surface area contributed by atoms with E-state index >= 15 is 0 Å². The van der Waals surface area contributed by atoms with Crippen LogP contribution >= 0.6 is 11.6 Å². The quantitative estimate of drug-likeness (QED) is 0.363. The van der Waals surface area contributed by atoms with Crippen LogP contribution in [0.1, 0.15) is 24.5 Å². The first kappa shape index (κ1) is 21.7. The summed E-state index contributed by atoms with van der Waals surface area (Å²) in [4.78, 5) is 22.4. The van der Waals surface area contributed by atoms with Gasteiger partial charge in [-0.05, 0) is 49.6 Å². The molecule has 3 heterocycles. The van der Waals surface area contributed by atoms with Crippen LogP contribution in [0.25, 0.3) is 27.9 Å². The summed E-state index contributed by atoms with van der Waals surface area (Å²) in [6.45, 7) is 3.67. The molecular weight excluding hydrogens is 452 g/mol. The molecule has 0 radical (unpaired) electrons. The van der Waals surface area contributed by atoms with Gasteiger partial charge < -0.3 is 15.6 Å². The van der Waals surface area contributed by atoms with E-state index in [9.17, 15) is 4.79 Å². The smallest absolute Gasteiger partial charge is 0.264 e. The van der Waals surface area contributed by atoms with Crippen molar-refractivity contribution in [1.82, 2.24) is 19.7 Å². The molecule has 9 heteroatoms. The highest BCUT2D eigenvalue weighted by Crippen LogP contribution is 2.33. The molecule has 0 amide bonds. The number of nitrogens with two attached hydrogens (primary N) is 1. The van der Waals surface area contributed by atoms with Gasteiger partial charge in [-0.2, -0.15) is 4.98 Å². The Hall–Kier alpha value is -4.17. The monoisotopic (exact) mass is 472 g/mol. The van der Waals surface area contributed by atoms with Crippen molar-refractivity contribution in [2.24, 2.45) is 0 Å². The number of rotatable bonds is 5. The average molecular weight is 473 g/mol. The summed E-state index contributed by atoms with van der Waals surface area (Å²) in [5.74, 6) is 1.22. The Bertz CT molecular complexity index is 1560. The third kappa shape index (κ3) is 3.78. The first-order chi connectivity index (χ1) is 16.4. The van der Waals surface area contributed by atoms with Gasteiger partial charge in [0.2, 0.25) is 0 Å². The molecule has 3 N–H and O–H groups in total. The highest BCUT2D eigenvalue weighted by atomic mass is 35.5. The van der Waals surface area contributed by atoms with Crippen molar-refractivity contribution in [3.05, 3.63) is 93.8 Å². The number of aryl methyl sites for hydroxylation is 1. The van der Waals surface area contributed by atoms with Crippen molar-refractivity contribution < 1.29 is 4.52 Å². The molecule has 0 aliphatic rings. The Morgan fingerprint density at radius 3 is 2.65 bits per heavy atom. The van der Waals surface area contributed by atoms with Crippen molar-refractivity contribution in [3.63, 3.8) is 0 Å². The largest absolute Gasteiger partial charge is 0.398 e. The van der Waals surface area contributed by atoms with Gasteiger partial charge in [-0.3, -0.25) is 9.36 Å². The zero-order chi connectivity index (χ0) is 23.8. The molecule has 0 bridgehead atoms. The number of nitrogens with one attached hydrogen (secondary N) is 1. The van der Waals surface area contributed by atoms with E-state index in [1.807, 2.05) is 55.5 Å². The predicted molar refractivity (Wildman–Crippen MR) is 133 cm³/mol. The van der Waals surface area contributed by atoms with Gasteiger partial charge in [-0.25, -0.2) is 4.98 Å². The van der Waals surface area contributed by atoms with E-state index < -0.39 is 0 Å². The minimum atomic E-state index is -0.353. The molecule has 34 heavy (non-hydrogen) atoms. The Morgan fingerprint density at radius 2 is 1.91 bits per heavy atom. The van der Waals surface area contributed by atoms with Crippen LogP contribution in [0, 0.1) is 6.92 Å². The van der Waals surface area contributed by atoms with Gasteiger partial charge in [0, 0.05) is 23.3 Å². The summed E-state index contributed by atoms with van der Waals surface area (Å²) < 4.78 is 7.01. The van der Waals surface area contributed by atoms with Crippen LogP contribution in [0.5, 0.6) is 0 Å². The molecule has 0 unspecified atom stereocenters. The van der Waals surface area contributed by atoms with Crippen LogP contribution in [0.3, 0.4) is 0 Å². The zero-order valence-electron chi connectivity index (χ0n) is 18.5.